The van der Waals surface area contributed by atoms with E-state index in [1.54, 1.807) is 0 Å². The van der Waals surface area contributed by atoms with Crippen LogP contribution in [0.2, 0.25) is 0 Å². The molecule has 0 unspecified atom stereocenters. The van der Waals surface area contributed by atoms with Gasteiger partial charge in [-0.3, -0.25) is 14.3 Å². The summed E-state index contributed by atoms with van der Waals surface area (Å²) in [6.45, 7) is -0.275. The number of thioether (sulfide) groups is 1. The number of aromatic amines is 1. The van der Waals surface area contributed by atoms with Crippen molar-refractivity contribution in [2.45, 2.75) is 54.9 Å². The van der Waals surface area contributed by atoms with Crippen molar-refractivity contribution >= 4 is 17.9 Å². The fraction of sp³-hybridized carbons (Fsp3) is 0.667. The van der Waals surface area contributed by atoms with Gasteiger partial charge in [-0.1, -0.05) is 0 Å². The van der Waals surface area contributed by atoms with E-state index in [1.165, 1.54) is 11.8 Å². The number of rotatable bonds is 4. The van der Waals surface area contributed by atoms with Gasteiger partial charge in [-0.2, -0.15) is 4.39 Å². The van der Waals surface area contributed by atoms with E-state index in [-0.39, 0.29) is 19.1 Å². The molecule has 0 spiro atoms. The summed E-state index contributed by atoms with van der Waals surface area (Å²) < 4.78 is 25.0. The highest BCUT2D eigenvalue weighted by Crippen LogP contribution is 2.42. The number of nitrogens with one attached hydrogen (secondary N) is 1. The van der Waals surface area contributed by atoms with Gasteiger partial charge >= 0.3 is 11.8 Å². The second-order valence-electron chi connectivity index (χ2n) is 6.12. The lowest BCUT2D eigenvalue weighted by molar-refractivity contribution is -0.00436. The van der Waals surface area contributed by atoms with Crippen LogP contribution >= 0.6 is 11.8 Å². The van der Waals surface area contributed by atoms with Crippen LogP contribution in [0.5, 0.6) is 0 Å². The Bertz CT molecular complexity index is 744. The van der Waals surface area contributed by atoms with Gasteiger partial charge in [-0.15, -0.1) is 11.8 Å². The van der Waals surface area contributed by atoms with Gasteiger partial charge in [-0.25, -0.2) is 9.59 Å². The minimum absolute atomic E-state index is 0.138. The minimum atomic E-state index is -1.09. The monoisotopic (exact) mass is 374 g/mol. The zero-order valence-electron chi connectivity index (χ0n) is 13.4. The molecule has 0 radical (unpaired) electrons. The number of carbonyl (C=O) groups is 1. The summed E-state index contributed by atoms with van der Waals surface area (Å²) in [6, 6.07) is 0. The smallest absolute Gasteiger partial charge is 0.431 e. The maximum atomic E-state index is 13.5. The van der Waals surface area contributed by atoms with Crippen LogP contribution in [0, 0.1) is 5.82 Å². The van der Waals surface area contributed by atoms with E-state index in [0.717, 1.165) is 36.4 Å². The summed E-state index contributed by atoms with van der Waals surface area (Å²) in [5.74, 6) is -1.08. The third kappa shape index (κ3) is 4.06. The molecule has 1 aromatic rings. The van der Waals surface area contributed by atoms with Crippen LogP contribution in [-0.2, 0) is 9.47 Å². The van der Waals surface area contributed by atoms with Crippen LogP contribution in [0.1, 0.15) is 37.5 Å². The third-order valence-electron chi connectivity index (χ3n) is 4.41. The summed E-state index contributed by atoms with van der Waals surface area (Å²) in [7, 11) is 0. The van der Waals surface area contributed by atoms with E-state index in [4.69, 9.17) is 9.47 Å². The molecule has 1 aliphatic carbocycles. The fourth-order valence-corrected chi connectivity index (χ4v) is 4.55. The molecule has 2 heterocycles. The molecule has 2 fully saturated rings. The Morgan fingerprint density at radius 1 is 1.36 bits per heavy atom. The molecule has 3 rings (SSSR count). The zero-order chi connectivity index (χ0) is 18.0. The topological polar surface area (TPSA) is 111 Å². The second kappa shape index (κ2) is 7.61. The molecule has 2 aliphatic rings. The van der Waals surface area contributed by atoms with Gasteiger partial charge in [0.1, 0.15) is 12.2 Å². The molecule has 3 atom stereocenters. The number of aliphatic hydroxyl groups excluding tert-OH is 1. The molecule has 1 saturated carbocycles. The predicted octanol–water partition coefficient (Wildman–Crippen LogP) is 1.14. The lowest BCUT2D eigenvalue weighted by atomic mass is 10.2. The maximum absolute atomic E-state index is 13.5. The number of aromatic nitrogens is 2. The molecule has 8 nitrogen and oxygen atoms in total. The Hall–Kier alpha value is -1.81. The minimum Gasteiger partial charge on any atom is -0.431 e. The Balaban J connectivity index is 1.68. The lowest BCUT2D eigenvalue weighted by Crippen LogP contribution is -2.33. The van der Waals surface area contributed by atoms with E-state index in [1.807, 2.05) is 4.98 Å². The summed E-state index contributed by atoms with van der Waals surface area (Å²) in [5.41, 5.74) is -1.84. The van der Waals surface area contributed by atoms with E-state index in [9.17, 15) is 23.9 Å². The van der Waals surface area contributed by atoms with Gasteiger partial charge in [0.25, 0.3) is 5.56 Å². The number of carbonyl (C=O) groups excluding carboxylic acids is 1. The van der Waals surface area contributed by atoms with E-state index in [0.29, 0.717) is 0 Å². The molecule has 2 N–H and O–H groups in total. The third-order valence-corrected chi connectivity index (χ3v) is 5.94. The van der Waals surface area contributed by atoms with Crippen molar-refractivity contribution in [2.75, 3.05) is 6.61 Å². The number of hydrogen-bond donors (Lipinski definition) is 2. The van der Waals surface area contributed by atoms with Gasteiger partial charge < -0.3 is 14.6 Å². The SMILES string of the molecule is O=C(OC1CCCC1)O[C@H]1C[C@H](n2cc(F)c(=O)[nH]c2=O)S[C@@H]1CO. The largest absolute Gasteiger partial charge is 0.508 e. The molecule has 138 valence electrons. The van der Waals surface area contributed by atoms with Crippen LogP contribution in [0.4, 0.5) is 9.18 Å². The summed E-state index contributed by atoms with van der Waals surface area (Å²) >= 11 is 1.18. The average molecular weight is 374 g/mol. The first-order valence-electron chi connectivity index (χ1n) is 8.12. The Morgan fingerprint density at radius 3 is 2.76 bits per heavy atom. The summed E-state index contributed by atoms with van der Waals surface area (Å²) in [5, 5.41) is 8.46. The van der Waals surface area contributed by atoms with Crippen molar-refractivity contribution in [3.05, 3.63) is 32.9 Å². The van der Waals surface area contributed by atoms with E-state index in [2.05, 4.69) is 0 Å². The summed E-state index contributed by atoms with van der Waals surface area (Å²) in [6.07, 6.45) is 3.07. The maximum Gasteiger partial charge on any atom is 0.508 e. The fourth-order valence-electron chi connectivity index (χ4n) is 3.13. The van der Waals surface area contributed by atoms with E-state index < -0.39 is 39.9 Å². The standard InChI is InChI=1S/C15H19FN2O6S/c16-9-6-18(14(21)17-13(9)20)12-5-10(11(7-19)25-12)24-15(22)23-8-3-1-2-4-8/h6,8,10-12,19H,1-5,7H2,(H,17,20,21)/t10-,11+,12+/m0/s1. The summed E-state index contributed by atoms with van der Waals surface area (Å²) in [4.78, 5) is 36.8. The average Bonchev–Trinajstić information content (AvgIpc) is 3.20. The highest BCUT2D eigenvalue weighted by molar-refractivity contribution is 8.00. The Labute approximate surface area is 146 Å². The molecule has 1 aromatic heterocycles. The first-order chi connectivity index (χ1) is 12.0. The zero-order valence-corrected chi connectivity index (χ0v) is 14.2. The second-order valence-corrected chi connectivity index (χ2v) is 7.54. The molecule has 0 bridgehead atoms. The quantitative estimate of drug-likeness (QED) is 0.760. The van der Waals surface area contributed by atoms with Crippen molar-refractivity contribution in [3.63, 3.8) is 0 Å². The highest BCUT2D eigenvalue weighted by atomic mass is 32.2. The highest BCUT2D eigenvalue weighted by Gasteiger charge is 2.39. The van der Waals surface area contributed by atoms with Crippen LogP contribution in [-0.4, -0.2) is 44.9 Å². The molecule has 0 aromatic carbocycles. The van der Waals surface area contributed by atoms with Crippen LogP contribution < -0.4 is 11.2 Å². The molecule has 25 heavy (non-hydrogen) atoms. The van der Waals surface area contributed by atoms with Crippen molar-refractivity contribution in [2.24, 2.45) is 0 Å². The molecule has 1 saturated heterocycles. The lowest BCUT2D eigenvalue weighted by Gasteiger charge is -2.18. The number of H-pyrrole nitrogens is 1. The number of halogens is 1. The van der Waals surface area contributed by atoms with Gasteiger partial charge in [0.2, 0.25) is 5.82 Å². The van der Waals surface area contributed by atoms with E-state index >= 15 is 0 Å². The first kappa shape index (κ1) is 18.0. The first-order valence-corrected chi connectivity index (χ1v) is 9.06. The van der Waals surface area contributed by atoms with Crippen LogP contribution in [0.3, 0.4) is 0 Å². The molecule has 0 amide bonds. The molecular weight excluding hydrogens is 355 g/mol. The van der Waals surface area contributed by atoms with Crippen molar-refractivity contribution in [1.29, 1.82) is 0 Å². The Morgan fingerprint density at radius 2 is 2.08 bits per heavy atom. The molecule has 10 heteroatoms. The van der Waals surface area contributed by atoms with Gasteiger partial charge in [0, 0.05) is 6.42 Å². The van der Waals surface area contributed by atoms with Crippen molar-refractivity contribution in [3.8, 4) is 0 Å². The van der Waals surface area contributed by atoms with Gasteiger partial charge in [0.15, 0.2) is 0 Å². The van der Waals surface area contributed by atoms with Crippen LogP contribution in [0.25, 0.3) is 0 Å². The van der Waals surface area contributed by atoms with Crippen LogP contribution in [0.15, 0.2) is 15.8 Å². The molecule has 1 aliphatic heterocycles. The number of hydrogen-bond acceptors (Lipinski definition) is 7. The normalized spacial score (nSPS) is 26.7. The van der Waals surface area contributed by atoms with Crippen molar-refractivity contribution < 1.29 is 23.8 Å². The van der Waals surface area contributed by atoms with Gasteiger partial charge in [0.05, 0.1) is 23.4 Å². The van der Waals surface area contributed by atoms with Crippen molar-refractivity contribution in [1.82, 2.24) is 9.55 Å². The molecular formula is C15H19FN2O6S. The number of aliphatic hydroxyl groups is 1. The number of nitrogens with zero attached hydrogens (tertiary/aromatic N) is 1. The number of ether oxygens (including phenoxy) is 2. The predicted molar refractivity (Wildman–Crippen MR) is 87.0 cm³/mol. The Kier molecular flexibility index (Phi) is 5.48. The van der Waals surface area contributed by atoms with Gasteiger partial charge in [-0.05, 0) is 25.7 Å².